The van der Waals surface area contributed by atoms with Crippen LogP contribution < -0.4 is 11.5 Å². The topological polar surface area (TPSA) is 113 Å². The average molecular weight is 240 g/mol. The van der Waals surface area contributed by atoms with E-state index >= 15 is 0 Å². The first-order valence-corrected chi connectivity index (χ1v) is 5.20. The van der Waals surface area contributed by atoms with E-state index in [-0.39, 0.29) is 19.4 Å². The van der Waals surface area contributed by atoms with Crippen LogP contribution in [0.1, 0.15) is 12.1 Å². The number of nitrogens with two attached hydrogens (primary N) is 2. The number of rotatable bonds is 5. The summed E-state index contributed by atoms with van der Waals surface area (Å²) in [6.45, 7) is 0.140. The van der Waals surface area contributed by atoms with Gasteiger partial charge in [-0.3, -0.25) is 4.79 Å². The van der Waals surface area contributed by atoms with Crippen molar-refractivity contribution in [3.8, 4) is 0 Å². The van der Waals surface area contributed by atoms with Crippen LogP contribution in [-0.4, -0.2) is 34.1 Å². The standard InChI is InChI=1S/C10H16N4O3/c1-14-5-7(13-6-14)4-8(12)10(16)17-9(15)2-3-11/h5-6,8H,2-4,11-12H2,1H3/t8-/m0/s1. The molecule has 0 saturated carbocycles. The summed E-state index contributed by atoms with van der Waals surface area (Å²) in [5.74, 6) is -1.41. The van der Waals surface area contributed by atoms with Crippen LogP contribution >= 0.6 is 0 Å². The summed E-state index contributed by atoms with van der Waals surface area (Å²) in [5, 5.41) is 0. The Hall–Kier alpha value is -1.73. The first-order valence-electron chi connectivity index (χ1n) is 5.20. The molecule has 0 fully saturated rings. The van der Waals surface area contributed by atoms with Crippen molar-refractivity contribution in [1.82, 2.24) is 9.55 Å². The van der Waals surface area contributed by atoms with Crippen LogP contribution in [0, 0.1) is 0 Å². The molecule has 1 aromatic rings. The molecule has 1 rings (SSSR count). The van der Waals surface area contributed by atoms with Gasteiger partial charge in [0.25, 0.3) is 0 Å². The van der Waals surface area contributed by atoms with Crippen LogP contribution in [0.25, 0.3) is 0 Å². The minimum absolute atomic E-state index is 0.00203. The highest BCUT2D eigenvalue weighted by molar-refractivity contribution is 5.88. The summed E-state index contributed by atoms with van der Waals surface area (Å²) in [4.78, 5) is 26.4. The quantitative estimate of drug-likeness (QED) is 0.489. The Morgan fingerprint density at radius 2 is 2.29 bits per heavy atom. The SMILES string of the molecule is Cn1cnc(C[C@H](N)C(=O)OC(=O)CCN)c1. The monoisotopic (exact) mass is 240 g/mol. The van der Waals surface area contributed by atoms with Gasteiger partial charge in [0, 0.05) is 26.2 Å². The van der Waals surface area contributed by atoms with E-state index in [1.165, 1.54) is 0 Å². The molecule has 0 aromatic carbocycles. The number of carbonyl (C=O) groups excluding carboxylic acids is 2. The van der Waals surface area contributed by atoms with Crippen LogP contribution in [0.4, 0.5) is 0 Å². The highest BCUT2D eigenvalue weighted by Gasteiger charge is 2.19. The minimum Gasteiger partial charge on any atom is -0.392 e. The Balaban J connectivity index is 2.44. The lowest BCUT2D eigenvalue weighted by atomic mass is 10.2. The number of carbonyl (C=O) groups is 2. The Bertz CT molecular complexity index is 402. The normalized spacial score (nSPS) is 12.2. The molecule has 0 saturated heterocycles. The molecule has 0 spiro atoms. The summed E-state index contributed by atoms with van der Waals surface area (Å²) in [7, 11) is 1.81. The maximum absolute atomic E-state index is 11.4. The molecule has 17 heavy (non-hydrogen) atoms. The first kappa shape index (κ1) is 13.3. The predicted octanol–water partition coefficient (Wildman–Crippen LogP) is -1.29. The molecule has 1 aromatic heterocycles. The van der Waals surface area contributed by atoms with Crippen LogP contribution in [0.15, 0.2) is 12.5 Å². The zero-order valence-electron chi connectivity index (χ0n) is 9.63. The lowest BCUT2D eigenvalue weighted by Crippen LogP contribution is -2.36. The van der Waals surface area contributed by atoms with Crippen LogP contribution in [0.5, 0.6) is 0 Å². The molecule has 0 aliphatic rings. The van der Waals surface area contributed by atoms with Crippen molar-refractivity contribution in [3.63, 3.8) is 0 Å². The number of hydrogen-bond donors (Lipinski definition) is 2. The second-order valence-electron chi connectivity index (χ2n) is 3.67. The van der Waals surface area contributed by atoms with Crippen molar-refractivity contribution < 1.29 is 14.3 Å². The van der Waals surface area contributed by atoms with Gasteiger partial charge in [-0.2, -0.15) is 0 Å². The van der Waals surface area contributed by atoms with Crippen molar-refractivity contribution in [2.45, 2.75) is 18.9 Å². The lowest BCUT2D eigenvalue weighted by Gasteiger charge is -2.08. The van der Waals surface area contributed by atoms with E-state index in [4.69, 9.17) is 11.5 Å². The van der Waals surface area contributed by atoms with Crippen LogP contribution in [0.3, 0.4) is 0 Å². The van der Waals surface area contributed by atoms with E-state index < -0.39 is 18.0 Å². The van der Waals surface area contributed by atoms with Gasteiger partial charge in [-0.1, -0.05) is 0 Å². The van der Waals surface area contributed by atoms with E-state index in [1.54, 1.807) is 17.1 Å². The fraction of sp³-hybridized carbons (Fsp3) is 0.500. The van der Waals surface area contributed by atoms with Crippen molar-refractivity contribution in [2.24, 2.45) is 18.5 Å². The van der Waals surface area contributed by atoms with Crippen LogP contribution in [-0.2, 0) is 27.8 Å². The fourth-order valence-electron chi connectivity index (χ4n) is 1.24. The predicted molar refractivity (Wildman–Crippen MR) is 59.7 cm³/mol. The summed E-state index contributed by atoms with van der Waals surface area (Å²) >= 11 is 0. The van der Waals surface area contributed by atoms with E-state index in [0.29, 0.717) is 5.69 Å². The maximum Gasteiger partial charge on any atom is 0.330 e. The molecule has 0 radical (unpaired) electrons. The third-order valence-electron chi connectivity index (χ3n) is 2.05. The molecule has 4 N–H and O–H groups in total. The van der Waals surface area contributed by atoms with E-state index in [9.17, 15) is 9.59 Å². The second kappa shape index (κ2) is 6.12. The number of esters is 2. The summed E-state index contributed by atoms with van der Waals surface area (Å²) < 4.78 is 6.26. The third-order valence-corrected chi connectivity index (χ3v) is 2.05. The smallest absolute Gasteiger partial charge is 0.330 e. The van der Waals surface area contributed by atoms with Gasteiger partial charge in [0.15, 0.2) is 0 Å². The minimum atomic E-state index is -0.897. The molecule has 0 bridgehead atoms. The largest absolute Gasteiger partial charge is 0.392 e. The maximum atomic E-state index is 11.4. The number of aromatic nitrogens is 2. The molecule has 1 heterocycles. The van der Waals surface area contributed by atoms with Gasteiger partial charge in [-0.25, -0.2) is 9.78 Å². The van der Waals surface area contributed by atoms with E-state index in [1.807, 2.05) is 7.05 Å². The number of aryl methyl sites for hydroxylation is 1. The molecule has 1 atom stereocenters. The zero-order valence-corrected chi connectivity index (χ0v) is 9.63. The fourth-order valence-corrected chi connectivity index (χ4v) is 1.24. The third kappa shape index (κ3) is 4.33. The summed E-state index contributed by atoms with van der Waals surface area (Å²) in [6, 6.07) is -0.897. The molecule has 7 nitrogen and oxygen atoms in total. The molecule has 0 amide bonds. The van der Waals surface area contributed by atoms with Gasteiger partial charge in [-0.15, -0.1) is 0 Å². The molecule has 0 unspecified atom stereocenters. The highest BCUT2D eigenvalue weighted by Crippen LogP contribution is 2.00. The van der Waals surface area contributed by atoms with Gasteiger partial charge in [0.05, 0.1) is 18.4 Å². The number of nitrogens with zero attached hydrogens (tertiary/aromatic N) is 2. The molecular formula is C10H16N4O3. The van der Waals surface area contributed by atoms with Crippen molar-refractivity contribution in [2.75, 3.05) is 6.54 Å². The van der Waals surface area contributed by atoms with Gasteiger partial charge >= 0.3 is 11.9 Å². The van der Waals surface area contributed by atoms with Crippen molar-refractivity contribution in [1.29, 1.82) is 0 Å². The van der Waals surface area contributed by atoms with Gasteiger partial charge in [0.2, 0.25) is 0 Å². The summed E-state index contributed by atoms with van der Waals surface area (Å²) in [6.07, 6.45) is 3.58. The van der Waals surface area contributed by atoms with Crippen LogP contribution in [0.2, 0.25) is 0 Å². The number of ether oxygens (including phenoxy) is 1. The lowest BCUT2D eigenvalue weighted by molar-refractivity contribution is -0.160. The molecule has 0 aliphatic heterocycles. The molecule has 7 heteroatoms. The number of hydrogen-bond acceptors (Lipinski definition) is 6. The Labute approximate surface area is 98.7 Å². The van der Waals surface area contributed by atoms with E-state index in [2.05, 4.69) is 9.72 Å². The van der Waals surface area contributed by atoms with E-state index in [0.717, 1.165) is 0 Å². The Kier molecular flexibility index (Phi) is 4.80. The Morgan fingerprint density at radius 1 is 1.59 bits per heavy atom. The number of imidazole rings is 1. The zero-order chi connectivity index (χ0) is 12.8. The molecule has 0 aliphatic carbocycles. The average Bonchev–Trinajstić information content (AvgIpc) is 2.64. The first-order chi connectivity index (χ1) is 8.02. The van der Waals surface area contributed by atoms with Gasteiger partial charge in [-0.05, 0) is 0 Å². The Morgan fingerprint density at radius 3 is 2.82 bits per heavy atom. The highest BCUT2D eigenvalue weighted by atomic mass is 16.6. The van der Waals surface area contributed by atoms with Crippen molar-refractivity contribution in [3.05, 3.63) is 18.2 Å². The van der Waals surface area contributed by atoms with Gasteiger partial charge in [0.1, 0.15) is 6.04 Å². The molecule has 94 valence electrons. The second-order valence-corrected chi connectivity index (χ2v) is 3.67. The van der Waals surface area contributed by atoms with Crippen molar-refractivity contribution >= 4 is 11.9 Å². The van der Waals surface area contributed by atoms with Gasteiger partial charge < -0.3 is 20.8 Å². The summed E-state index contributed by atoms with van der Waals surface area (Å²) in [5.41, 5.74) is 11.4. The molecular weight excluding hydrogens is 224 g/mol.